The molecule has 0 aliphatic rings. The van der Waals surface area contributed by atoms with Crippen LogP contribution in [0.1, 0.15) is 0 Å². The highest BCUT2D eigenvalue weighted by Gasteiger charge is 2.08. The third-order valence-corrected chi connectivity index (χ3v) is 4.39. The first-order valence-corrected chi connectivity index (χ1v) is 8.39. The number of hydrogen-bond donors (Lipinski definition) is 1. The summed E-state index contributed by atoms with van der Waals surface area (Å²) < 4.78 is 1.91. The lowest BCUT2D eigenvalue weighted by atomic mass is 10.2. The third-order valence-electron chi connectivity index (χ3n) is 3.10. The molecule has 0 unspecified atom stereocenters. The van der Waals surface area contributed by atoms with Crippen molar-refractivity contribution in [3.8, 4) is 0 Å². The highest BCUT2D eigenvalue weighted by Crippen LogP contribution is 2.36. The van der Waals surface area contributed by atoms with Crippen molar-refractivity contribution in [3.63, 3.8) is 0 Å². The second-order valence-electron chi connectivity index (χ2n) is 4.72. The third kappa shape index (κ3) is 3.70. The smallest absolute Gasteiger partial charge is 0.0791 e. The predicted molar refractivity (Wildman–Crippen MR) is 99.5 cm³/mol. The first-order chi connectivity index (χ1) is 10.7. The van der Waals surface area contributed by atoms with Crippen LogP contribution < -0.4 is 10.6 Å². The Hall–Kier alpha value is -1.78. The van der Waals surface area contributed by atoms with Gasteiger partial charge in [-0.05, 0) is 68.3 Å². The fraction of sp³-hybridized carbons (Fsp3) is 0. The van der Waals surface area contributed by atoms with Crippen LogP contribution in [0.15, 0.2) is 81.7 Å². The van der Waals surface area contributed by atoms with E-state index in [2.05, 4.69) is 42.5 Å². The number of anilines is 2. The lowest BCUT2D eigenvalue weighted by molar-refractivity contribution is 1.17. The molecule has 0 bridgehead atoms. The molecule has 2 nitrogen and oxygen atoms in total. The van der Waals surface area contributed by atoms with Gasteiger partial charge >= 0.3 is 0 Å². The van der Waals surface area contributed by atoms with E-state index < -0.39 is 0 Å². The van der Waals surface area contributed by atoms with E-state index in [0.717, 1.165) is 31.7 Å². The standard InChI is InChI=1S/C18H13Br2N2/c19-15-12-18(22-14-9-5-2-6-10-14)16(20)11-17(15)21-13-7-3-1-4-8-13/h1-12,21H. The van der Waals surface area contributed by atoms with Gasteiger partial charge in [-0.15, -0.1) is 0 Å². The maximum absolute atomic E-state index is 4.64. The van der Waals surface area contributed by atoms with E-state index in [1.807, 2.05) is 72.8 Å². The molecule has 109 valence electrons. The number of nitrogens with zero attached hydrogens (tertiary/aromatic N) is 1. The number of hydrogen-bond acceptors (Lipinski definition) is 1. The summed E-state index contributed by atoms with van der Waals surface area (Å²) in [6, 6.07) is 24.0. The van der Waals surface area contributed by atoms with Crippen molar-refractivity contribution in [3.05, 3.63) is 81.7 Å². The molecule has 22 heavy (non-hydrogen) atoms. The van der Waals surface area contributed by atoms with Crippen LogP contribution in [0.3, 0.4) is 0 Å². The lowest BCUT2D eigenvalue weighted by Crippen LogP contribution is -1.95. The largest absolute Gasteiger partial charge is 0.355 e. The van der Waals surface area contributed by atoms with E-state index in [9.17, 15) is 0 Å². The van der Waals surface area contributed by atoms with Gasteiger partial charge in [0.05, 0.1) is 17.1 Å². The Labute approximate surface area is 146 Å². The normalized spacial score (nSPS) is 10.3. The molecule has 0 atom stereocenters. The second kappa shape index (κ2) is 6.99. The Bertz CT molecular complexity index is 692. The number of benzene rings is 3. The summed E-state index contributed by atoms with van der Waals surface area (Å²) in [5.41, 5.74) is 3.85. The lowest BCUT2D eigenvalue weighted by Gasteiger charge is -2.12. The molecule has 1 N–H and O–H groups in total. The minimum Gasteiger partial charge on any atom is -0.355 e. The summed E-state index contributed by atoms with van der Waals surface area (Å²) in [5.74, 6) is 0. The fourth-order valence-electron chi connectivity index (χ4n) is 2.04. The average Bonchev–Trinajstić information content (AvgIpc) is 2.54. The summed E-state index contributed by atoms with van der Waals surface area (Å²) in [7, 11) is 0. The average molecular weight is 417 g/mol. The van der Waals surface area contributed by atoms with Crippen LogP contribution in [0.4, 0.5) is 22.7 Å². The van der Waals surface area contributed by atoms with E-state index in [4.69, 9.17) is 0 Å². The molecule has 3 rings (SSSR count). The molecular weight excluding hydrogens is 404 g/mol. The van der Waals surface area contributed by atoms with Crippen LogP contribution in [-0.4, -0.2) is 0 Å². The molecule has 0 aliphatic carbocycles. The first-order valence-electron chi connectivity index (χ1n) is 6.80. The van der Waals surface area contributed by atoms with Gasteiger partial charge in [0.15, 0.2) is 0 Å². The van der Waals surface area contributed by atoms with Crippen LogP contribution in [0.2, 0.25) is 0 Å². The Morgan fingerprint density at radius 2 is 1.36 bits per heavy atom. The fourth-order valence-corrected chi connectivity index (χ4v) is 2.90. The molecule has 1 radical (unpaired) electrons. The van der Waals surface area contributed by atoms with E-state index in [1.165, 1.54) is 0 Å². The minimum absolute atomic E-state index is 0.886. The number of halogens is 2. The zero-order chi connectivity index (χ0) is 15.4. The summed E-state index contributed by atoms with van der Waals surface area (Å²) in [6.45, 7) is 0. The highest BCUT2D eigenvalue weighted by molar-refractivity contribution is 9.11. The summed E-state index contributed by atoms with van der Waals surface area (Å²) in [4.78, 5) is 0. The highest BCUT2D eigenvalue weighted by atomic mass is 79.9. The van der Waals surface area contributed by atoms with Crippen LogP contribution in [0.5, 0.6) is 0 Å². The van der Waals surface area contributed by atoms with Crippen LogP contribution >= 0.6 is 31.9 Å². The van der Waals surface area contributed by atoms with Crippen molar-refractivity contribution >= 4 is 54.6 Å². The first kappa shape index (κ1) is 15.1. The molecule has 3 aromatic rings. The molecule has 0 spiro atoms. The summed E-state index contributed by atoms with van der Waals surface area (Å²) in [6.07, 6.45) is 0. The molecule has 0 aliphatic heterocycles. The molecule has 0 amide bonds. The Morgan fingerprint density at radius 3 is 2.05 bits per heavy atom. The predicted octanol–water partition coefficient (Wildman–Crippen LogP) is 6.52. The van der Waals surface area contributed by atoms with Gasteiger partial charge < -0.3 is 5.32 Å². The van der Waals surface area contributed by atoms with E-state index in [0.29, 0.717) is 0 Å². The zero-order valence-corrected chi connectivity index (χ0v) is 14.8. The Morgan fingerprint density at radius 1 is 0.727 bits per heavy atom. The summed E-state index contributed by atoms with van der Waals surface area (Å²) in [5, 5.41) is 8.03. The SMILES string of the molecule is Brc1cc(Nc2ccccc2)c(Br)cc1[N]c1ccccc1. The van der Waals surface area contributed by atoms with Crippen molar-refractivity contribution in [2.24, 2.45) is 0 Å². The van der Waals surface area contributed by atoms with Crippen molar-refractivity contribution in [2.45, 2.75) is 0 Å². The molecule has 0 heterocycles. The van der Waals surface area contributed by atoms with Crippen molar-refractivity contribution < 1.29 is 0 Å². The van der Waals surface area contributed by atoms with Crippen molar-refractivity contribution in [1.29, 1.82) is 0 Å². The second-order valence-corrected chi connectivity index (χ2v) is 6.43. The quantitative estimate of drug-likeness (QED) is 0.514. The molecule has 0 saturated carbocycles. The van der Waals surface area contributed by atoms with Gasteiger partial charge in [-0.25, -0.2) is 5.32 Å². The molecular formula is C18H13Br2N2. The molecule has 0 saturated heterocycles. The van der Waals surface area contributed by atoms with Gasteiger partial charge in [0, 0.05) is 14.6 Å². The van der Waals surface area contributed by atoms with Crippen LogP contribution in [0.25, 0.3) is 0 Å². The van der Waals surface area contributed by atoms with Gasteiger partial charge in [-0.1, -0.05) is 36.4 Å². The van der Waals surface area contributed by atoms with Gasteiger partial charge in [-0.2, -0.15) is 0 Å². The molecule has 4 heteroatoms. The molecule has 3 aromatic carbocycles. The minimum atomic E-state index is 0.886. The number of nitrogens with one attached hydrogen (secondary N) is 1. The molecule has 0 fully saturated rings. The van der Waals surface area contributed by atoms with Gasteiger partial charge in [0.1, 0.15) is 0 Å². The van der Waals surface area contributed by atoms with E-state index in [1.54, 1.807) is 0 Å². The van der Waals surface area contributed by atoms with Crippen LogP contribution in [-0.2, 0) is 0 Å². The molecule has 0 aromatic heterocycles. The van der Waals surface area contributed by atoms with Crippen molar-refractivity contribution in [1.82, 2.24) is 5.32 Å². The zero-order valence-electron chi connectivity index (χ0n) is 11.6. The van der Waals surface area contributed by atoms with Crippen LogP contribution in [0, 0.1) is 0 Å². The van der Waals surface area contributed by atoms with E-state index in [-0.39, 0.29) is 0 Å². The van der Waals surface area contributed by atoms with Crippen molar-refractivity contribution in [2.75, 3.05) is 5.32 Å². The Balaban J connectivity index is 1.85. The van der Waals surface area contributed by atoms with E-state index >= 15 is 0 Å². The van der Waals surface area contributed by atoms with Gasteiger partial charge in [0.25, 0.3) is 0 Å². The Kier molecular flexibility index (Phi) is 4.80. The van der Waals surface area contributed by atoms with Gasteiger partial charge in [0.2, 0.25) is 0 Å². The maximum Gasteiger partial charge on any atom is 0.0791 e. The number of para-hydroxylation sites is 2. The topological polar surface area (TPSA) is 26.1 Å². The van der Waals surface area contributed by atoms with Gasteiger partial charge in [-0.3, -0.25) is 0 Å². The monoisotopic (exact) mass is 415 g/mol. The number of rotatable bonds is 4. The maximum atomic E-state index is 4.64. The summed E-state index contributed by atoms with van der Waals surface area (Å²) >= 11 is 7.21.